The van der Waals surface area contributed by atoms with E-state index >= 15 is 0 Å². The normalized spacial score (nSPS) is 16.1. The first-order valence-corrected chi connectivity index (χ1v) is 8.55. The molecule has 1 aliphatic rings. The number of anilines is 1. The lowest BCUT2D eigenvalue weighted by molar-refractivity contribution is 0.204. The Balaban J connectivity index is 1.55. The Bertz CT molecular complexity index is 589. The fourth-order valence-electron chi connectivity index (χ4n) is 1.71. The zero-order valence-corrected chi connectivity index (χ0v) is 13.0. The van der Waals surface area contributed by atoms with E-state index in [0.717, 1.165) is 15.0 Å². The van der Waals surface area contributed by atoms with Crippen molar-refractivity contribution in [2.75, 3.05) is 11.1 Å². The molecule has 1 unspecified atom stereocenters. The van der Waals surface area contributed by atoms with Crippen LogP contribution in [0, 0.1) is 0 Å². The lowest BCUT2D eigenvalue weighted by Crippen LogP contribution is -2.01. The van der Waals surface area contributed by atoms with Gasteiger partial charge in [-0.25, -0.2) is 0 Å². The SMILES string of the molecule is OC(CSc1nnc(NC2CC2)s1)c1ccccc1Cl. The maximum absolute atomic E-state index is 10.2. The molecule has 7 heteroatoms. The number of aliphatic hydroxyl groups excluding tert-OH is 1. The average molecular weight is 328 g/mol. The second-order valence-electron chi connectivity index (χ2n) is 4.64. The molecule has 1 aromatic carbocycles. The van der Waals surface area contributed by atoms with Crippen LogP contribution in [0.2, 0.25) is 5.02 Å². The van der Waals surface area contributed by atoms with Crippen LogP contribution in [-0.2, 0) is 0 Å². The molecule has 2 N–H and O–H groups in total. The molecule has 0 spiro atoms. The van der Waals surface area contributed by atoms with Crippen molar-refractivity contribution in [1.29, 1.82) is 0 Å². The Labute approximate surface area is 130 Å². The maximum atomic E-state index is 10.2. The highest BCUT2D eigenvalue weighted by molar-refractivity contribution is 8.01. The first-order valence-electron chi connectivity index (χ1n) is 6.37. The van der Waals surface area contributed by atoms with E-state index in [4.69, 9.17) is 11.6 Å². The van der Waals surface area contributed by atoms with Crippen LogP contribution in [0.5, 0.6) is 0 Å². The number of hydrogen-bond donors (Lipinski definition) is 2. The minimum Gasteiger partial charge on any atom is -0.387 e. The maximum Gasteiger partial charge on any atom is 0.206 e. The number of nitrogens with one attached hydrogen (secondary N) is 1. The van der Waals surface area contributed by atoms with Gasteiger partial charge in [0.05, 0.1) is 6.10 Å². The van der Waals surface area contributed by atoms with E-state index in [9.17, 15) is 5.11 Å². The van der Waals surface area contributed by atoms with Crippen LogP contribution in [0.3, 0.4) is 0 Å². The van der Waals surface area contributed by atoms with Crippen molar-refractivity contribution in [2.24, 2.45) is 0 Å². The topological polar surface area (TPSA) is 58.0 Å². The fourth-order valence-corrected chi connectivity index (χ4v) is 3.79. The number of benzene rings is 1. The zero-order chi connectivity index (χ0) is 13.9. The lowest BCUT2D eigenvalue weighted by atomic mass is 10.1. The van der Waals surface area contributed by atoms with E-state index in [-0.39, 0.29) is 0 Å². The molecule has 1 aromatic heterocycles. The molecule has 0 amide bonds. The van der Waals surface area contributed by atoms with Crippen molar-refractivity contribution in [3.05, 3.63) is 34.9 Å². The quantitative estimate of drug-likeness (QED) is 0.794. The van der Waals surface area contributed by atoms with E-state index < -0.39 is 6.10 Å². The third-order valence-electron chi connectivity index (χ3n) is 2.94. The summed E-state index contributed by atoms with van der Waals surface area (Å²) in [5, 5.41) is 23.1. The van der Waals surface area contributed by atoms with E-state index in [1.54, 1.807) is 6.07 Å². The first kappa shape index (κ1) is 14.1. The number of aliphatic hydroxyl groups is 1. The van der Waals surface area contributed by atoms with E-state index in [0.29, 0.717) is 16.8 Å². The third-order valence-corrected chi connectivity index (χ3v) is 5.35. The van der Waals surface area contributed by atoms with Gasteiger partial charge in [-0.15, -0.1) is 10.2 Å². The van der Waals surface area contributed by atoms with Gasteiger partial charge in [-0.3, -0.25) is 0 Å². The summed E-state index contributed by atoms with van der Waals surface area (Å²) in [6.07, 6.45) is 1.83. The number of halogens is 1. The van der Waals surface area contributed by atoms with Gasteiger partial charge in [0.15, 0.2) is 4.34 Å². The van der Waals surface area contributed by atoms with Gasteiger partial charge in [0.1, 0.15) is 0 Å². The summed E-state index contributed by atoms with van der Waals surface area (Å²) in [5.41, 5.74) is 0.752. The molecule has 0 saturated heterocycles. The summed E-state index contributed by atoms with van der Waals surface area (Å²) >= 11 is 9.09. The molecule has 0 aliphatic heterocycles. The van der Waals surface area contributed by atoms with Gasteiger partial charge in [-0.1, -0.05) is 52.9 Å². The smallest absolute Gasteiger partial charge is 0.206 e. The molecule has 20 heavy (non-hydrogen) atoms. The van der Waals surface area contributed by atoms with Crippen molar-refractivity contribution in [3.8, 4) is 0 Å². The highest BCUT2D eigenvalue weighted by atomic mass is 35.5. The third kappa shape index (κ3) is 3.63. The number of thioether (sulfide) groups is 1. The monoisotopic (exact) mass is 327 g/mol. The van der Waals surface area contributed by atoms with Crippen LogP contribution in [0.15, 0.2) is 28.6 Å². The Hall–Kier alpha value is -0.820. The molecule has 1 heterocycles. The lowest BCUT2D eigenvalue weighted by Gasteiger charge is -2.10. The molecular formula is C13H14ClN3OS2. The van der Waals surface area contributed by atoms with Gasteiger partial charge in [-0.05, 0) is 24.5 Å². The molecule has 1 atom stereocenters. The first-order chi connectivity index (χ1) is 9.72. The summed E-state index contributed by atoms with van der Waals surface area (Å²) in [6, 6.07) is 7.93. The number of nitrogens with zero attached hydrogens (tertiary/aromatic N) is 2. The van der Waals surface area contributed by atoms with E-state index in [1.165, 1.54) is 35.9 Å². The van der Waals surface area contributed by atoms with Crippen LogP contribution in [0.4, 0.5) is 5.13 Å². The standard InChI is InChI=1S/C13H14ClN3OS2/c14-10-4-2-1-3-9(10)11(18)7-19-13-17-16-12(20-13)15-8-5-6-8/h1-4,8,11,18H,5-7H2,(H,15,16). The Morgan fingerprint density at radius 3 is 2.95 bits per heavy atom. The fraction of sp³-hybridized carbons (Fsp3) is 0.385. The molecule has 1 fully saturated rings. The molecule has 1 aliphatic carbocycles. The molecule has 1 saturated carbocycles. The summed E-state index contributed by atoms with van der Waals surface area (Å²) in [7, 11) is 0. The van der Waals surface area contributed by atoms with Gasteiger partial charge in [-0.2, -0.15) is 0 Å². The molecule has 0 bridgehead atoms. The number of rotatable bonds is 6. The summed E-state index contributed by atoms with van der Waals surface area (Å²) in [5.74, 6) is 0.516. The largest absolute Gasteiger partial charge is 0.387 e. The molecule has 4 nitrogen and oxygen atoms in total. The summed E-state index contributed by atoms with van der Waals surface area (Å²) in [4.78, 5) is 0. The summed E-state index contributed by atoms with van der Waals surface area (Å²) in [6.45, 7) is 0. The Morgan fingerprint density at radius 1 is 1.40 bits per heavy atom. The van der Waals surface area contributed by atoms with Crippen LogP contribution in [0.25, 0.3) is 0 Å². The predicted octanol–water partition coefficient (Wildman–Crippen LogP) is 3.59. The van der Waals surface area contributed by atoms with Crippen molar-refractivity contribution in [2.45, 2.75) is 29.3 Å². The molecular weight excluding hydrogens is 314 g/mol. The van der Waals surface area contributed by atoms with Crippen LogP contribution >= 0.6 is 34.7 Å². The van der Waals surface area contributed by atoms with Crippen molar-refractivity contribution < 1.29 is 5.11 Å². The Kier molecular flexibility index (Phi) is 4.45. The van der Waals surface area contributed by atoms with E-state index in [2.05, 4.69) is 15.5 Å². The zero-order valence-electron chi connectivity index (χ0n) is 10.6. The molecule has 0 radical (unpaired) electrons. The second-order valence-corrected chi connectivity index (χ2v) is 7.29. The molecule has 106 valence electrons. The summed E-state index contributed by atoms with van der Waals surface area (Å²) < 4.78 is 0.860. The van der Waals surface area contributed by atoms with Crippen LogP contribution < -0.4 is 5.32 Å². The predicted molar refractivity (Wildman–Crippen MR) is 83.7 cm³/mol. The van der Waals surface area contributed by atoms with Crippen molar-refractivity contribution >= 4 is 39.8 Å². The average Bonchev–Trinajstić information content (AvgIpc) is 3.14. The number of hydrogen-bond acceptors (Lipinski definition) is 6. The molecule has 3 rings (SSSR count). The van der Waals surface area contributed by atoms with Gasteiger partial charge < -0.3 is 10.4 Å². The van der Waals surface area contributed by atoms with Crippen LogP contribution in [-0.4, -0.2) is 27.1 Å². The van der Waals surface area contributed by atoms with Gasteiger partial charge in [0, 0.05) is 16.8 Å². The Morgan fingerprint density at radius 2 is 2.20 bits per heavy atom. The van der Waals surface area contributed by atoms with Crippen molar-refractivity contribution in [3.63, 3.8) is 0 Å². The van der Waals surface area contributed by atoms with Crippen LogP contribution in [0.1, 0.15) is 24.5 Å². The van der Waals surface area contributed by atoms with Gasteiger partial charge in [0.2, 0.25) is 5.13 Å². The minimum atomic E-state index is -0.600. The molecule has 2 aromatic rings. The second kappa shape index (κ2) is 6.30. The highest BCUT2D eigenvalue weighted by Crippen LogP contribution is 2.33. The number of aromatic nitrogens is 2. The highest BCUT2D eigenvalue weighted by Gasteiger charge is 2.22. The van der Waals surface area contributed by atoms with E-state index in [1.807, 2.05) is 18.2 Å². The van der Waals surface area contributed by atoms with Crippen molar-refractivity contribution in [1.82, 2.24) is 10.2 Å². The minimum absolute atomic E-state index is 0.516. The van der Waals surface area contributed by atoms with Gasteiger partial charge in [0.25, 0.3) is 0 Å². The van der Waals surface area contributed by atoms with Gasteiger partial charge >= 0.3 is 0 Å².